The molecule has 0 aromatic heterocycles. The molecule has 98 valence electrons. The standard InChI is InChI=1S/C13H18N2O3/c1-9(8-16)15-13(17)14-7-11-6-10-4-2-3-5-12(10)18-11/h2-5,9,11,16H,6-8H2,1H3,(H2,14,15,17)/t9-,11?/m0/s1. The van der Waals surface area contributed by atoms with Crippen molar-refractivity contribution in [1.82, 2.24) is 10.6 Å². The van der Waals surface area contributed by atoms with E-state index in [2.05, 4.69) is 10.6 Å². The quantitative estimate of drug-likeness (QED) is 0.735. The minimum Gasteiger partial charge on any atom is -0.488 e. The van der Waals surface area contributed by atoms with Gasteiger partial charge >= 0.3 is 6.03 Å². The maximum atomic E-state index is 11.5. The van der Waals surface area contributed by atoms with E-state index < -0.39 is 0 Å². The van der Waals surface area contributed by atoms with Crippen LogP contribution in [-0.4, -0.2) is 36.4 Å². The highest BCUT2D eigenvalue weighted by molar-refractivity contribution is 5.74. The molecule has 1 unspecified atom stereocenters. The van der Waals surface area contributed by atoms with Gasteiger partial charge in [0.15, 0.2) is 0 Å². The van der Waals surface area contributed by atoms with Crippen LogP contribution >= 0.6 is 0 Å². The number of ether oxygens (including phenoxy) is 1. The minimum absolute atomic E-state index is 0.0161. The van der Waals surface area contributed by atoms with Crippen LogP contribution in [0.3, 0.4) is 0 Å². The first-order valence-electron chi connectivity index (χ1n) is 6.09. The molecule has 5 heteroatoms. The molecule has 2 rings (SSSR count). The molecule has 0 saturated heterocycles. The van der Waals surface area contributed by atoms with Crippen LogP contribution in [0.5, 0.6) is 5.75 Å². The number of fused-ring (bicyclic) bond motifs is 1. The number of hydrogen-bond donors (Lipinski definition) is 3. The first-order valence-corrected chi connectivity index (χ1v) is 6.09. The molecule has 0 saturated carbocycles. The van der Waals surface area contributed by atoms with E-state index in [0.29, 0.717) is 6.54 Å². The van der Waals surface area contributed by atoms with Gasteiger partial charge in [-0.05, 0) is 18.6 Å². The zero-order valence-electron chi connectivity index (χ0n) is 10.3. The first kappa shape index (κ1) is 12.7. The number of aliphatic hydroxyl groups excluding tert-OH is 1. The van der Waals surface area contributed by atoms with E-state index in [4.69, 9.17) is 9.84 Å². The van der Waals surface area contributed by atoms with E-state index in [1.54, 1.807) is 6.92 Å². The molecule has 0 fully saturated rings. The summed E-state index contributed by atoms with van der Waals surface area (Å²) in [6.07, 6.45) is 0.795. The van der Waals surface area contributed by atoms with Gasteiger partial charge in [-0.3, -0.25) is 0 Å². The highest BCUT2D eigenvalue weighted by Gasteiger charge is 2.22. The third-order valence-electron chi connectivity index (χ3n) is 2.86. The van der Waals surface area contributed by atoms with Crippen molar-refractivity contribution in [1.29, 1.82) is 0 Å². The van der Waals surface area contributed by atoms with Crippen LogP contribution in [0, 0.1) is 0 Å². The number of carbonyl (C=O) groups is 1. The van der Waals surface area contributed by atoms with Gasteiger partial charge in [0, 0.05) is 6.42 Å². The third-order valence-corrected chi connectivity index (χ3v) is 2.86. The van der Waals surface area contributed by atoms with Crippen molar-refractivity contribution in [3.05, 3.63) is 29.8 Å². The second-order valence-corrected chi connectivity index (χ2v) is 4.49. The number of aliphatic hydroxyl groups is 1. The Morgan fingerprint density at radius 2 is 2.33 bits per heavy atom. The van der Waals surface area contributed by atoms with Gasteiger partial charge in [0.05, 0.1) is 19.2 Å². The van der Waals surface area contributed by atoms with E-state index in [9.17, 15) is 4.79 Å². The van der Waals surface area contributed by atoms with Gasteiger partial charge in [-0.15, -0.1) is 0 Å². The van der Waals surface area contributed by atoms with Crippen molar-refractivity contribution in [2.75, 3.05) is 13.2 Å². The smallest absolute Gasteiger partial charge is 0.315 e. The van der Waals surface area contributed by atoms with E-state index in [1.165, 1.54) is 5.56 Å². The average molecular weight is 250 g/mol. The van der Waals surface area contributed by atoms with Gasteiger partial charge in [0.25, 0.3) is 0 Å². The summed E-state index contributed by atoms with van der Waals surface area (Å²) in [5.41, 5.74) is 1.17. The van der Waals surface area contributed by atoms with Gasteiger partial charge in [-0.25, -0.2) is 4.79 Å². The summed E-state index contributed by atoms with van der Waals surface area (Å²) in [5.74, 6) is 0.897. The molecule has 1 heterocycles. The lowest BCUT2D eigenvalue weighted by Crippen LogP contribution is -2.45. The van der Waals surface area contributed by atoms with Crippen LogP contribution in [0.4, 0.5) is 4.79 Å². The van der Waals surface area contributed by atoms with Crippen molar-refractivity contribution in [3.63, 3.8) is 0 Å². The van der Waals surface area contributed by atoms with Crippen LogP contribution in [0.1, 0.15) is 12.5 Å². The van der Waals surface area contributed by atoms with Crippen LogP contribution in [0.15, 0.2) is 24.3 Å². The molecule has 2 atom stereocenters. The Kier molecular flexibility index (Phi) is 4.04. The normalized spacial score (nSPS) is 18.7. The summed E-state index contributed by atoms with van der Waals surface area (Å²) in [6.45, 7) is 2.12. The zero-order chi connectivity index (χ0) is 13.0. The number of carbonyl (C=O) groups excluding carboxylic acids is 1. The molecule has 2 amide bonds. The SMILES string of the molecule is C[C@@H](CO)NC(=O)NCC1Cc2ccccc2O1. The highest BCUT2D eigenvalue weighted by atomic mass is 16.5. The van der Waals surface area contributed by atoms with Crippen molar-refractivity contribution < 1.29 is 14.6 Å². The van der Waals surface area contributed by atoms with Gasteiger partial charge in [0.2, 0.25) is 0 Å². The highest BCUT2D eigenvalue weighted by Crippen LogP contribution is 2.27. The Morgan fingerprint density at radius 1 is 1.56 bits per heavy atom. The van der Waals surface area contributed by atoms with Crippen molar-refractivity contribution in [2.45, 2.75) is 25.5 Å². The van der Waals surface area contributed by atoms with Crippen LogP contribution < -0.4 is 15.4 Å². The van der Waals surface area contributed by atoms with Crippen LogP contribution in [0.2, 0.25) is 0 Å². The van der Waals surface area contributed by atoms with Crippen molar-refractivity contribution >= 4 is 6.03 Å². The number of hydrogen-bond acceptors (Lipinski definition) is 3. The second kappa shape index (κ2) is 5.73. The number of para-hydroxylation sites is 1. The number of urea groups is 1. The van der Waals surface area contributed by atoms with E-state index in [0.717, 1.165) is 12.2 Å². The summed E-state index contributed by atoms with van der Waals surface area (Å²) in [5, 5.41) is 14.2. The molecule has 1 aromatic rings. The molecule has 3 N–H and O–H groups in total. The Hall–Kier alpha value is -1.75. The van der Waals surface area contributed by atoms with Gasteiger partial charge in [-0.1, -0.05) is 18.2 Å². The van der Waals surface area contributed by atoms with Crippen LogP contribution in [0.25, 0.3) is 0 Å². The summed E-state index contributed by atoms with van der Waals surface area (Å²) in [6, 6.07) is 7.35. The predicted octanol–water partition coefficient (Wildman–Crippen LogP) is 0.670. The fraction of sp³-hybridized carbons (Fsp3) is 0.462. The maximum absolute atomic E-state index is 11.5. The average Bonchev–Trinajstić information content (AvgIpc) is 2.79. The maximum Gasteiger partial charge on any atom is 0.315 e. The molecule has 1 aliphatic heterocycles. The summed E-state index contributed by atoms with van der Waals surface area (Å²) >= 11 is 0. The number of nitrogens with one attached hydrogen (secondary N) is 2. The summed E-state index contributed by atoms with van der Waals surface area (Å²) in [4.78, 5) is 11.5. The molecule has 0 aliphatic carbocycles. The number of amides is 2. The van der Waals surface area contributed by atoms with Crippen molar-refractivity contribution in [3.8, 4) is 5.75 Å². The third kappa shape index (κ3) is 3.13. The Balaban J connectivity index is 1.75. The number of benzene rings is 1. The molecular formula is C13H18N2O3. The monoisotopic (exact) mass is 250 g/mol. The van der Waals surface area contributed by atoms with E-state index >= 15 is 0 Å². The number of rotatable bonds is 4. The molecule has 0 bridgehead atoms. The zero-order valence-corrected chi connectivity index (χ0v) is 10.3. The second-order valence-electron chi connectivity index (χ2n) is 4.49. The molecule has 5 nitrogen and oxygen atoms in total. The van der Waals surface area contributed by atoms with Crippen LogP contribution in [-0.2, 0) is 6.42 Å². The lowest BCUT2D eigenvalue weighted by Gasteiger charge is -2.15. The van der Waals surface area contributed by atoms with Crippen molar-refractivity contribution in [2.24, 2.45) is 0 Å². The molecule has 0 radical (unpaired) electrons. The molecule has 18 heavy (non-hydrogen) atoms. The topological polar surface area (TPSA) is 70.6 Å². The van der Waals surface area contributed by atoms with Gasteiger partial charge < -0.3 is 20.5 Å². The lowest BCUT2D eigenvalue weighted by molar-refractivity contribution is 0.204. The molecule has 1 aromatic carbocycles. The largest absolute Gasteiger partial charge is 0.488 e. The Labute approximate surface area is 106 Å². The van der Waals surface area contributed by atoms with Gasteiger partial charge in [-0.2, -0.15) is 0 Å². The summed E-state index contributed by atoms with van der Waals surface area (Å²) in [7, 11) is 0. The van der Waals surface area contributed by atoms with E-state index in [1.807, 2.05) is 24.3 Å². The molecule has 1 aliphatic rings. The minimum atomic E-state index is -0.281. The Morgan fingerprint density at radius 3 is 3.06 bits per heavy atom. The van der Waals surface area contributed by atoms with Gasteiger partial charge in [0.1, 0.15) is 11.9 Å². The fourth-order valence-electron chi connectivity index (χ4n) is 1.89. The predicted molar refractivity (Wildman–Crippen MR) is 67.6 cm³/mol. The lowest BCUT2D eigenvalue weighted by atomic mass is 10.1. The summed E-state index contributed by atoms with van der Waals surface area (Å²) < 4.78 is 5.70. The molecular weight excluding hydrogens is 232 g/mol. The Bertz CT molecular complexity index is 397. The fourth-order valence-corrected chi connectivity index (χ4v) is 1.89. The first-order chi connectivity index (χ1) is 8.69. The molecule has 0 spiro atoms. The van der Waals surface area contributed by atoms with E-state index in [-0.39, 0.29) is 24.8 Å².